The quantitative estimate of drug-likeness (QED) is 0.159. The van der Waals surface area contributed by atoms with Crippen molar-refractivity contribution >= 4 is 24.0 Å². The number of ether oxygens (including phenoxy) is 4. The Balaban J connectivity index is 1.72. The first kappa shape index (κ1) is 29.1. The van der Waals surface area contributed by atoms with Crippen LogP contribution in [0.1, 0.15) is 36.8 Å². The number of esters is 3. The summed E-state index contributed by atoms with van der Waals surface area (Å²) >= 11 is 0. The van der Waals surface area contributed by atoms with Gasteiger partial charge in [0.05, 0.1) is 25.4 Å². The van der Waals surface area contributed by atoms with Gasteiger partial charge in [-0.15, -0.1) is 0 Å². The van der Waals surface area contributed by atoms with Gasteiger partial charge < -0.3 is 24.1 Å². The SMILES string of the molecule is C=CC(=O)OCCCCCCOc1ccc(OC(=O)/C=C/c2ccc(OC(=O)C(=C)CO)c(C)c2)cc1. The first-order chi connectivity index (χ1) is 17.8. The van der Waals surface area contributed by atoms with Gasteiger partial charge in [0.2, 0.25) is 0 Å². The fourth-order valence-electron chi connectivity index (χ4n) is 3.03. The molecule has 37 heavy (non-hydrogen) atoms. The van der Waals surface area contributed by atoms with Crippen LogP contribution in [-0.2, 0) is 19.1 Å². The number of unbranched alkanes of at least 4 members (excludes halogenated alkanes) is 3. The molecule has 0 radical (unpaired) electrons. The van der Waals surface area contributed by atoms with Crippen LogP contribution in [0.15, 0.2) is 73.3 Å². The van der Waals surface area contributed by atoms with E-state index in [2.05, 4.69) is 13.2 Å². The summed E-state index contributed by atoms with van der Waals surface area (Å²) in [5, 5.41) is 8.96. The minimum absolute atomic E-state index is 0.0388. The van der Waals surface area contributed by atoms with Crippen molar-refractivity contribution in [3.8, 4) is 17.2 Å². The molecule has 0 aromatic heterocycles. The maximum absolute atomic E-state index is 12.2. The molecule has 8 nitrogen and oxygen atoms in total. The van der Waals surface area contributed by atoms with Gasteiger partial charge in [-0.1, -0.05) is 19.2 Å². The molecule has 2 rings (SSSR count). The van der Waals surface area contributed by atoms with Crippen LogP contribution in [0.3, 0.4) is 0 Å². The highest BCUT2D eigenvalue weighted by Gasteiger charge is 2.11. The zero-order valence-electron chi connectivity index (χ0n) is 20.9. The lowest BCUT2D eigenvalue weighted by Gasteiger charge is -2.08. The lowest BCUT2D eigenvalue weighted by atomic mass is 10.1. The van der Waals surface area contributed by atoms with Crippen molar-refractivity contribution in [2.75, 3.05) is 19.8 Å². The van der Waals surface area contributed by atoms with E-state index in [9.17, 15) is 14.4 Å². The number of rotatable bonds is 15. The van der Waals surface area contributed by atoms with E-state index >= 15 is 0 Å². The Hall–Kier alpha value is -4.17. The normalized spacial score (nSPS) is 10.5. The molecular weight excluding hydrogens is 476 g/mol. The Morgan fingerprint density at radius 2 is 1.57 bits per heavy atom. The summed E-state index contributed by atoms with van der Waals surface area (Å²) in [7, 11) is 0. The molecule has 0 atom stereocenters. The van der Waals surface area contributed by atoms with Crippen LogP contribution in [0.5, 0.6) is 17.2 Å². The van der Waals surface area contributed by atoms with Crippen molar-refractivity contribution in [1.82, 2.24) is 0 Å². The van der Waals surface area contributed by atoms with Crippen LogP contribution >= 0.6 is 0 Å². The summed E-state index contributed by atoms with van der Waals surface area (Å²) in [5.74, 6) is -0.238. The topological polar surface area (TPSA) is 108 Å². The summed E-state index contributed by atoms with van der Waals surface area (Å²) in [6.45, 7) is 9.01. The van der Waals surface area contributed by atoms with Crippen LogP contribution in [0, 0.1) is 6.92 Å². The molecule has 0 spiro atoms. The smallest absolute Gasteiger partial charge is 0.341 e. The van der Waals surface area contributed by atoms with E-state index < -0.39 is 24.5 Å². The van der Waals surface area contributed by atoms with Crippen molar-refractivity contribution in [2.45, 2.75) is 32.6 Å². The van der Waals surface area contributed by atoms with Gasteiger partial charge >= 0.3 is 17.9 Å². The molecule has 0 aliphatic heterocycles. The average molecular weight is 509 g/mol. The predicted molar refractivity (Wildman–Crippen MR) is 139 cm³/mol. The van der Waals surface area contributed by atoms with E-state index in [4.69, 9.17) is 24.1 Å². The second-order valence-electron chi connectivity index (χ2n) is 8.04. The molecule has 196 valence electrons. The van der Waals surface area contributed by atoms with Crippen molar-refractivity contribution in [1.29, 1.82) is 0 Å². The third kappa shape index (κ3) is 11.0. The molecular formula is C29H32O8. The van der Waals surface area contributed by atoms with Crippen LogP contribution in [0.4, 0.5) is 0 Å². The van der Waals surface area contributed by atoms with Crippen molar-refractivity contribution in [3.05, 3.63) is 84.5 Å². The number of aliphatic hydroxyl groups excluding tert-OH is 1. The Morgan fingerprint density at radius 1 is 0.892 bits per heavy atom. The Morgan fingerprint density at radius 3 is 2.22 bits per heavy atom. The van der Waals surface area contributed by atoms with E-state index in [1.54, 1.807) is 55.5 Å². The van der Waals surface area contributed by atoms with Crippen molar-refractivity contribution in [3.63, 3.8) is 0 Å². The van der Waals surface area contributed by atoms with Crippen LogP contribution < -0.4 is 14.2 Å². The molecule has 0 saturated heterocycles. The Labute approximate surface area is 216 Å². The number of aliphatic hydroxyl groups is 1. The molecule has 0 amide bonds. The summed E-state index contributed by atoms with van der Waals surface area (Å²) < 4.78 is 21.1. The fourth-order valence-corrected chi connectivity index (χ4v) is 3.03. The van der Waals surface area contributed by atoms with Crippen molar-refractivity contribution in [2.24, 2.45) is 0 Å². The third-order valence-electron chi connectivity index (χ3n) is 5.05. The first-order valence-electron chi connectivity index (χ1n) is 11.9. The highest BCUT2D eigenvalue weighted by molar-refractivity contribution is 5.90. The number of carbonyl (C=O) groups is 3. The maximum atomic E-state index is 12.2. The summed E-state index contributed by atoms with van der Waals surface area (Å²) in [6, 6.07) is 11.8. The minimum Gasteiger partial charge on any atom is -0.494 e. The zero-order valence-corrected chi connectivity index (χ0v) is 20.9. The lowest BCUT2D eigenvalue weighted by Crippen LogP contribution is -2.13. The Bertz CT molecular complexity index is 1120. The average Bonchev–Trinajstić information content (AvgIpc) is 2.90. The maximum Gasteiger partial charge on any atom is 0.341 e. The van der Waals surface area contributed by atoms with E-state index in [0.29, 0.717) is 36.0 Å². The number of carbonyl (C=O) groups excluding carboxylic acids is 3. The molecule has 0 fully saturated rings. The summed E-state index contributed by atoms with van der Waals surface area (Å²) in [4.78, 5) is 34.9. The molecule has 8 heteroatoms. The molecule has 2 aromatic carbocycles. The van der Waals surface area contributed by atoms with Gasteiger partial charge in [-0.3, -0.25) is 0 Å². The van der Waals surface area contributed by atoms with Gasteiger partial charge in [0.25, 0.3) is 0 Å². The highest BCUT2D eigenvalue weighted by atomic mass is 16.5. The number of hydrogen-bond acceptors (Lipinski definition) is 8. The monoisotopic (exact) mass is 508 g/mol. The number of aryl methyl sites for hydroxylation is 1. The molecule has 0 aliphatic carbocycles. The van der Waals surface area contributed by atoms with Crippen molar-refractivity contribution < 1.29 is 38.4 Å². The molecule has 0 aliphatic rings. The van der Waals surface area contributed by atoms with E-state index in [-0.39, 0.29) is 5.57 Å². The molecule has 0 heterocycles. The lowest BCUT2D eigenvalue weighted by molar-refractivity contribution is -0.138. The van der Waals surface area contributed by atoms with E-state index in [1.165, 1.54) is 6.08 Å². The van der Waals surface area contributed by atoms with Gasteiger partial charge in [-0.05, 0) is 86.2 Å². The molecule has 0 saturated carbocycles. The Kier molecular flexibility index (Phi) is 12.4. The second-order valence-corrected chi connectivity index (χ2v) is 8.04. The minimum atomic E-state index is -0.699. The summed E-state index contributed by atoms with van der Waals surface area (Å²) in [5.41, 5.74) is 1.36. The largest absolute Gasteiger partial charge is 0.494 e. The zero-order chi connectivity index (χ0) is 27.0. The standard InChI is InChI=1S/C29H32O8/c1-4-27(31)35-18-8-6-5-7-17-34-24-11-13-25(14-12-24)36-28(32)16-10-23-9-15-26(21(2)19-23)37-29(33)22(3)20-30/h4,9-16,19,30H,1,3,5-8,17-18,20H2,2H3/b16-10+. The van der Waals surface area contributed by atoms with Crippen LogP contribution in [0.2, 0.25) is 0 Å². The second kappa shape index (κ2) is 15.7. The molecule has 2 aromatic rings. The van der Waals surface area contributed by atoms with E-state index in [0.717, 1.165) is 37.3 Å². The number of hydrogen-bond donors (Lipinski definition) is 1. The first-order valence-corrected chi connectivity index (χ1v) is 11.9. The summed E-state index contributed by atoms with van der Waals surface area (Å²) in [6.07, 6.45) is 7.62. The molecule has 1 N–H and O–H groups in total. The van der Waals surface area contributed by atoms with Gasteiger partial charge in [0.1, 0.15) is 17.2 Å². The van der Waals surface area contributed by atoms with Gasteiger partial charge in [-0.2, -0.15) is 0 Å². The molecule has 0 bridgehead atoms. The number of benzene rings is 2. The van der Waals surface area contributed by atoms with Crippen LogP contribution in [0.25, 0.3) is 6.08 Å². The van der Waals surface area contributed by atoms with Crippen LogP contribution in [-0.4, -0.2) is 42.8 Å². The van der Waals surface area contributed by atoms with Gasteiger partial charge in [-0.25, -0.2) is 14.4 Å². The highest BCUT2D eigenvalue weighted by Crippen LogP contribution is 2.21. The van der Waals surface area contributed by atoms with Gasteiger partial charge in [0, 0.05) is 12.2 Å². The van der Waals surface area contributed by atoms with E-state index in [1.807, 2.05) is 0 Å². The molecule has 0 unspecified atom stereocenters. The van der Waals surface area contributed by atoms with Gasteiger partial charge in [0.15, 0.2) is 0 Å². The predicted octanol–water partition coefficient (Wildman–Crippen LogP) is 4.74. The fraction of sp³-hybridized carbons (Fsp3) is 0.276. The third-order valence-corrected chi connectivity index (χ3v) is 5.05.